The molecule has 0 aromatic carbocycles. The van der Waals surface area contributed by atoms with Crippen LogP contribution in [0.5, 0.6) is 0 Å². The van der Waals surface area contributed by atoms with Crippen molar-refractivity contribution in [2.45, 2.75) is 51.4 Å². The van der Waals surface area contributed by atoms with E-state index in [0.29, 0.717) is 18.2 Å². The van der Waals surface area contributed by atoms with E-state index in [0.717, 1.165) is 32.5 Å². The van der Waals surface area contributed by atoms with E-state index < -0.39 is 0 Å². The highest BCUT2D eigenvalue weighted by atomic mass is 16.6. The number of nitrogens with two attached hydrogens (primary N) is 1. The maximum absolute atomic E-state index is 6.02. The molecule has 82 valence electrons. The zero-order valence-corrected chi connectivity index (χ0v) is 9.16. The fourth-order valence-corrected chi connectivity index (χ4v) is 2.40. The Kier molecular flexibility index (Phi) is 2.82. The van der Waals surface area contributed by atoms with Crippen molar-refractivity contribution in [3.05, 3.63) is 0 Å². The highest BCUT2D eigenvalue weighted by Crippen LogP contribution is 2.45. The van der Waals surface area contributed by atoms with E-state index in [9.17, 15) is 0 Å². The molecule has 4 unspecified atom stereocenters. The van der Waals surface area contributed by atoms with Crippen molar-refractivity contribution in [2.24, 2.45) is 11.1 Å². The molecule has 1 aliphatic carbocycles. The van der Waals surface area contributed by atoms with Crippen LogP contribution in [0.15, 0.2) is 0 Å². The SMILES string of the molecule is CCC1(C)C(N)CC1OC1CCOC1. The summed E-state index contributed by atoms with van der Waals surface area (Å²) in [7, 11) is 0. The first-order chi connectivity index (χ1) is 6.66. The fourth-order valence-electron chi connectivity index (χ4n) is 2.40. The molecule has 3 heteroatoms. The predicted octanol–water partition coefficient (Wildman–Crippen LogP) is 1.31. The van der Waals surface area contributed by atoms with E-state index in [1.807, 2.05) is 0 Å². The van der Waals surface area contributed by atoms with Gasteiger partial charge in [0.25, 0.3) is 0 Å². The van der Waals surface area contributed by atoms with Gasteiger partial charge in [-0.2, -0.15) is 0 Å². The lowest BCUT2D eigenvalue weighted by molar-refractivity contribution is -0.148. The van der Waals surface area contributed by atoms with Gasteiger partial charge in [0.05, 0.1) is 18.8 Å². The number of hydrogen-bond acceptors (Lipinski definition) is 3. The Hall–Kier alpha value is -0.120. The number of ether oxygens (including phenoxy) is 2. The summed E-state index contributed by atoms with van der Waals surface area (Å²) < 4.78 is 11.3. The van der Waals surface area contributed by atoms with Crippen molar-refractivity contribution >= 4 is 0 Å². The minimum absolute atomic E-state index is 0.197. The molecule has 1 heterocycles. The van der Waals surface area contributed by atoms with Crippen molar-refractivity contribution in [2.75, 3.05) is 13.2 Å². The molecule has 0 aromatic heterocycles. The van der Waals surface area contributed by atoms with Crippen LogP contribution in [0.2, 0.25) is 0 Å². The second-order valence-corrected chi connectivity index (χ2v) is 4.81. The molecule has 0 amide bonds. The second kappa shape index (κ2) is 3.80. The van der Waals surface area contributed by atoms with Gasteiger partial charge in [-0.25, -0.2) is 0 Å². The average molecular weight is 199 g/mol. The maximum Gasteiger partial charge on any atom is 0.0834 e. The Morgan fingerprint density at radius 3 is 2.86 bits per heavy atom. The molecule has 1 saturated heterocycles. The lowest BCUT2D eigenvalue weighted by Crippen LogP contribution is -2.61. The summed E-state index contributed by atoms with van der Waals surface area (Å²) in [6, 6.07) is 0.319. The van der Waals surface area contributed by atoms with Crippen LogP contribution in [0, 0.1) is 5.41 Å². The Morgan fingerprint density at radius 1 is 1.57 bits per heavy atom. The number of rotatable bonds is 3. The summed E-state index contributed by atoms with van der Waals surface area (Å²) in [6.45, 7) is 6.06. The Morgan fingerprint density at radius 2 is 2.36 bits per heavy atom. The molecule has 2 fully saturated rings. The Balaban J connectivity index is 1.87. The van der Waals surface area contributed by atoms with Crippen molar-refractivity contribution < 1.29 is 9.47 Å². The van der Waals surface area contributed by atoms with Crippen LogP contribution in [0.25, 0.3) is 0 Å². The second-order valence-electron chi connectivity index (χ2n) is 4.81. The highest BCUT2D eigenvalue weighted by Gasteiger charge is 2.50. The molecule has 0 aromatic rings. The van der Waals surface area contributed by atoms with Gasteiger partial charge in [0, 0.05) is 18.1 Å². The average Bonchev–Trinajstić information content (AvgIpc) is 2.69. The topological polar surface area (TPSA) is 44.5 Å². The quantitative estimate of drug-likeness (QED) is 0.745. The summed E-state index contributed by atoms with van der Waals surface area (Å²) in [4.78, 5) is 0. The predicted molar refractivity (Wildman–Crippen MR) is 55.1 cm³/mol. The van der Waals surface area contributed by atoms with Crippen molar-refractivity contribution in [3.8, 4) is 0 Å². The summed E-state index contributed by atoms with van der Waals surface area (Å²) in [5, 5.41) is 0. The van der Waals surface area contributed by atoms with Crippen LogP contribution in [0.4, 0.5) is 0 Å². The third-order valence-electron chi connectivity index (χ3n) is 4.06. The van der Waals surface area contributed by atoms with Crippen LogP contribution in [0.3, 0.4) is 0 Å². The molecule has 0 radical (unpaired) electrons. The number of hydrogen-bond donors (Lipinski definition) is 1. The summed E-state index contributed by atoms with van der Waals surface area (Å²) in [5.41, 5.74) is 6.22. The van der Waals surface area contributed by atoms with Gasteiger partial charge in [0.15, 0.2) is 0 Å². The third-order valence-corrected chi connectivity index (χ3v) is 4.06. The minimum Gasteiger partial charge on any atom is -0.379 e. The van der Waals surface area contributed by atoms with E-state index >= 15 is 0 Å². The molecule has 4 atom stereocenters. The largest absolute Gasteiger partial charge is 0.379 e. The zero-order chi connectivity index (χ0) is 10.2. The first kappa shape index (κ1) is 10.4. The maximum atomic E-state index is 6.02. The van der Waals surface area contributed by atoms with Crippen molar-refractivity contribution in [1.82, 2.24) is 0 Å². The lowest BCUT2D eigenvalue weighted by atomic mass is 9.62. The third kappa shape index (κ3) is 1.58. The molecule has 1 aliphatic heterocycles. The fraction of sp³-hybridized carbons (Fsp3) is 1.00. The van der Waals surface area contributed by atoms with Crippen LogP contribution in [0.1, 0.15) is 33.1 Å². The van der Waals surface area contributed by atoms with Crippen LogP contribution in [-0.2, 0) is 9.47 Å². The van der Waals surface area contributed by atoms with Gasteiger partial charge in [-0.15, -0.1) is 0 Å². The summed E-state index contributed by atoms with van der Waals surface area (Å²) >= 11 is 0. The molecular weight excluding hydrogens is 178 g/mol. The van der Waals surface area contributed by atoms with E-state index in [1.165, 1.54) is 0 Å². The van der Waals surface area contributed by atoms with Gasteiger partial charge in [0.2, 0.25) is 0 Å². The van der Waals surface area contributed by atoms with Gasteiger partial charge < -0.3 is 15.2 Å². The summed E-state index contributed by atoms with van der Waals surface area (Å²) in [5.74, 6) is 0. The van der Waals surface area contributed by atoms with Gasteiger partial charge in [-0.1, -0.05) is 13.8 Å². The normalized spacial score (nSPS) is 47.8. The van der Waals surface area contributed by atoms with E-state index in [4.69, 9.17) is 15.2 Å². The van der Waals surface area contributed by atoms with Crippen LogP contribution >= 0.6 is 0 Å². The van der Waals surface area contributed by atoms with E-state index in [2.05, 4.69) is 13.8 Å². The molecule has 1 saturated carbocycles. The van der Waals surface area contributed by atoms with Gasteiger partial charge in [-0.3, -0.25) is 0 Å². The molecular formula is C11H21NO2. The van der Waals surface area contributed by atoms with Crippen molar-refractivity contribution in [1.29, 1.82) is 0 Å². The molecule has 3 nitrogen and oxygen atoms in total. The smallest absolute Gasteiger partial charge is 0.0834 e. The van der Waals surface area contributed by atoms with Crippen molar-refractivity contribution in [3.63, 3.8) is 0 Å². The van der Waals surface area contributed by atoms with Gasteiger partial charge in [-0.05, 0) is 19.3 Å². The van der Waals surface area contributed by atoms with Crippen LogP contribution < -0.4 is 5.73 Å². The Labute approximate surface area is 85.9 Å². The lowest BCUT2D eigenvalue weighted by Gasteiger charge is -2.52. The zero-order valence-electron chi connectivity index (χ0n) is 9.16. The first-order valence-electron chi connectivity index (χ1n) is 5.65. The first-order valence-corrected chi connectivity index (χ1v) is 5.65. The minimum atomic E-state index is 0.197. The van der Waals surface area contributed by atoms with E-state index in [1.54, 1.807) is 0 Å². The van der Waals surface area contributed by atoms with E-state index in [-0.39, 0.29) is 5.41 Å². The standard InChI is InChI=1S/C11H21NO2/c1-3-11(2)9(12)6-10(11)14-8-4-5-13-7-8/h8-10H,3-7,12H2,1-2H3. The molecule has 0 bridgehead atoms. The molecule has 2 rings (SSSR count). The molecule has 2 aliphatic rings. The monoisotopic (exact) mass is 199 g/mol. The summed E-state index contributed by atoms with van der Waals surface area (Å²) in [6.07, 6.45) is 3.84. The van der Waals surface area contributed by atoms with Gasteiger partial charge >= 0.3 is 0 Å². The molecule has 2 N–H and O–H groups in total. The molecule has 0 spiro atoms. The van der Waals surface area contributed by atoms with Crippen LogP contribution in [-0.4, -0.2) is 31.5 Å². The van der Waals surface area contributed by atoms with Gasteiger partial charge in [0.1, 0.15) is 0 Å². The molecule has 14 heavy (non-hydrogen) atoms. The Bertz CT molecular complexity index is 203. The highest BCUT2D eigenvalue weighted by molar-refractivity contribution is 5.03.